The highest BCUT2D eigenvalue weighted by Gasteiger charge is 1.99. The minimum atomic E-state index is -0.155. The third-order valence-electron chi connectivity index (χ3n) is 2.74. The van der Waals surface area contributed by atoms with Crippen LogP contribution in [0, 0.1) is 11.8 Å². The Bertz CT molecular complexity index is 616. The van der Waals surface area contributed by atoms with E-state index in [0.717, 1.165) is 11.3 Å². The number of hydrogen-bond acceptors (Lipinski definition) is 2. The normalized spacial score (nSPS) is 9.37. The van der Waals surface area contributed by atoms with Gasteiger partial charge in [-0.15, -0.1) is 0 Å². The smallest absolute Gasteiger partial charge is 0.236 e. The van der Waals surface area contributed by atoms with Crippen LogP contribution >= 0.6 is 0 Å². The lowest BCUT2D eigenvalue weighted by molar-refractivity contribution is 0.105. The van der Waals surface area contributed by atoms with E-state index in [4.69, 9.17) is 0 Å². The first kappa shape index (κ1) is 12.9. The van der Waals surface area contributed by atoms with Gasteiger partial charge in [-0.25, -0.2) is 0 Å². The average Bonchev–Trinajstić information content (AvgIpc) is 2.46. The van der Waals surface area contributed by atoms with Gasteiger partial charge in [0.25, 0.3) is 0 Å². The second-order valence-electron chi connectivity index (χ2n) is 4.39. The molecule has 0 heterocycles. The van der Waals surface area contributed by atoms with Crippen molar-refractivity contribution < 1.29 is 4.79 Å². The summed E-state index contributed by atoms with van der Waals surface area (Å²) in [6.07, 6.45) is 0. The van der Waals surface area contributed by atoms with Gasteiger partial charge in [-0.3, -0.25) is 4.79 Å². The van der Waals surface area contributed by atoms with E-state index in [1.54, 1.807) is 12.1 Å². The standard InChI is InChI=1S/C17H15NO/c1-18(2)16-11-8-14(9-12-16)10-13-17(19)15-6-4-3-5-7-15/h3-9,11-12H,1-2H3. The van der Waals surface area contributed by atoms with Gasteiger partial charge in [0.15, 0.2) is 0 Å². The van der Waals surface area contributed by atoms with Gasteiger partial charge in [-0.05, 0) is 30.2 Å². The first-order chi connectivity index (χ1) is 9.16. The molecule has 0 bridgehead atoms. The van der Waals surface area contributed by atoms with Gasteiger partial charge in [-0.1, -0.05) is 36.3 Å². The van der Waals surface area contributed by atoms with Crippen LogP contribution in [0.15, 0.2) is 54.6 Å². The number of carbonyl (C=O) groups excluding carboxylic acids is 1. The highest BCUT2D eigenvalue weighted by atomic mass is 16.1. The fraction of sp³-hybridized carbons (Fsp3) is 0.118. The molecule has 0 amide bonds. The van der Waals surface area contributed by atoms with Crippen LogP contribution in [0.5, 0.6) is 0 Å². The second kappa shape index (κ2) is 5.88. The number of ketones is 1. The summed E-state index contributed by atoms with van der Waals surface area (Å²) in [6, 6.07) is 16.9. The van der Waals surface area contributed by atoms with Crippen LogP contribution in [0.3, 0.4) is 0 Å². The molecule has 0 unspecified atom stereocenters. The highest BCUT2D eigenvalue weighted by molar-refractivity contribution is 6.09. The van der Waals surface area contributed by atoms with Gasteiger partial charge in [0.1, 0.15) is 0 Å². The van der Waals surface area contributed by atoms with Gasteiger partial charge in [0.05, 0.1) is 0 Å². The number of hydrogen-bond donors (Lipinski definition) is 0. The Morgan fingerprint density at radius 3 is 2.16 bits per heavy atom. The van der Waals surface area contributed by atoms with Crippen LogP contribution in [0.4, 0.5) is 5.69 Å². The van der Waals surface area contributed by atoms with Crippen molar-refractivity contribution in [2.45, 2.75) is 0 Å². The monoisotopic (exact) mass is 249 g/mol. The molecule has 0 saturated heterocycles. The molecule has 0 aliphatic rings. The Morgan fingerprint density at radius 2 is 1.58 bits per heavy atom. The Morgan fingerprint density at radius 1 is 0.947 bits per heavy atom. The van der Waals surface area contributed by atoms with Crippen molar-refractivity contribution in [3.8, 4) is 11.8 Å². The van der Waals surface area contributed by atoms with E-state index in [-0.39, 0.29) is 5.78 Å². The zero-order valence-electron chi connectivity index (χ0n) is 11.1. The lowest BCUT2D eigenvalue weighted by atomic mass is 10.1. The number of carbonyl (C=O) groups is 1. The van der Waals surface area contributed by atoms with E-state index in [0.29, 0.717) is 5.56 Å². The summed E-state index contributed by atoms with van der Waals surface area (Å²) in [4.78, 5) is 13.8. The molecule has 0 aliphatic carbocycles. The van der Waals surface area contributed by atoms with Gasteiger partial charge in [-0.2, -0.15) is 0 Å². The molecule has 0 aromatic heterocycles. The number of benzene rings is 2. The molecular weight excluding hydrogens is 234 g/mol. The van der Waals surface area contributed by atoms with Crippen molar-refractivity contribution in [2.24, 2.45) is 0 Å². The van der Waals surface area contributed by atoms with Gasteiger partial charge in [0, 0.05) is 30.9 Å². The Hall–Kier alpha value is -2.53. The predicted octanol–water partition coefficient (Wildman–Crippen LogP) is 2.99. The van der Waals surface area contributed by atoms with E-state index >= 15 is 0 Å². The quantitative estimate of drug-likeness (QED) is 0.602. The van der Waals surface area contributed by atoms with Crippen LogP contribution in [0.1, 0.15) is 15.9 Å². The zero-order chi connectivity index (χ0) is 13.7. The summed E-state index contributed by atoms with van der Waals surface area (Å²) in [7, 11) is 3.97. The maximum Gasteiger partial charge on any atom is 0.236 e. The number of Topliss-reactive ketones (excluding diaryl/α,β-unsaturated/α-hetero) is 1. The zero-order valence-corrected chi connectivity index (χ0v) is 11.1. The number of anilines is 1. The van der Waals surface area contributed by atoms with Crippen molar-refractivity contribution >= 4 is 11.5 Å². The fourth-order valence-corrected chi connectivity index (χ4v) is 1.63. The van der Waals surface area contributed by atoms with Crippen LogP contribution in [0.25, 0.3) is 0 Å². The number of rotatable bonds is 2. The highest BCUT2D eigenvalue weighted by Crippen LogP contribution is 2.11. The third-order valence-corrected chi connectivity index (χ3v) is 2.74. The Kier molecular flexibility index (Phi) is 4.00. The van der Waals surface area contributed by atoms with Crippen molar-refractivity contribution in [1.29, 1.82) is 0 Å². The molecule has 0 atom stereocenters. The molecule has 0 radical (unpaired) electrons. The minimum absolute atomic E-state index is 0.155. The lowest BCUT2D eigenvalue weighted by Crippen LogP contribution is -2.07. The lowest BCUT2D eigenvalue weighted by Gasteiger charge is -2.11. The first-order valence-electron chi connectivity index (χ1n) is 6.05. The summed E-state index contributed by atoms with van der Waals surface area (Å²) >= 11 is 0. The predicted molar refractivity (Wildman–Crippen MR) is 78.4 cm³/mol. The van der Waals surface area contributed by atoms with E-state index < -0.39 is 0 Å². The maximum atomic E-state index is 11.8. The van der Waals surface area contributed by atoms with E-state index in [2.05, 4.69) is 11.8 Å². The van der Waals surface area contributed by atoms with Crippen LogP contribution < -0.4 is 4.90 Å². The molecule has 0 fully saturated rings. The van der Waals surface area contributed by atoms with Crippen LogP contribution in [-0.4, -0.2) is 19.9 Å². The maximum absolute atomic E-state index is 11.8. The van der Waals surface area contributed by atoms with Crippen LogP contribution in [-0.2, 0) is 0 Å². The molecule has 2 nitrogen and oxygen atoms in total. The van der Waals surface area contributed by atoms with Gasteiger partial charge in [0.2, 0.25) is 5.78 Å². The Balaban J connectivity index is 2.14. The summed E-state index contributed by atoms with van der Waals surface area (Å²) < 4.78 is 0. The largest absolute Gasteiger partial charge is 0.378 e. The molecular formula is C17H15NO. The average molecular weight is 249 g/mol. The Labute approximate surface area is 113 Å². The van der Waals surface area contributed by atoms with E-state index in [9.17, 15) is 4.79 Å². The van der Waals surface area contributed by atoms with Crippen molar-refractivity contribution in [3.63, 3.8) is 0 Å². The van der Waals surface area contributed by atoms with Gasteiger partial charge < -0.3 is 4.90 Å². The molecule has 0 N–H and O–H groups in total. The molecule has 2 aromatic rings. The second-order valence-corrected chi connectivity index (χ2v) is 4.39. The topological polar surface area (TPSA) is 20.3 Å². The molecule has 2 rings (SSSR count). The summed E-state index contributed by atoms with van der Waals surface area (Å²) in [6.45, 7) is 0. The molecule has 0 aliphatic heterocycles. The molecule has 94 valence electrons. The fourth-order valence-electron chi connectivity index (χ4n) is 1.63. The third kappa shape index (κ3) is 3.46. The molecule has 2 heteroatoms. The molecule has 0 spiro atoms. The van der Waals surface area contributed by atoms with Crippen molar-refractivity contribution in [1.82, 2.24) is 0 Å². The molecule has 2 aromatic carbocycles. The van der Waals surface area contributed by atoms with E-state index in [1.807, 2.05) is 61.5 Å². The molecule has 19 heavy (non-hydrogen) atoms. The summed E-state index contributed by atoms with van der Waals surface area (Å²) in [5.41, 5.74) is 2.58. The minimum Gasteiger partial charge on any atom is -0.378 e. The van der Waals surface area contributed by atoms with Gasteiger partial charge >= 0.3 is 0 Å². The van der Waals surface area contributed by atoms with Crippen molar-refractivity contribution in [2.75, 3.05) is 19.0 Å². The summed E-state index contributed by atoms with van der Waals surface area (Å²) in [5.74, 6) is 5.40. The van der Waals surface area contributed by atoms with Crippen LogP contribution in [0.2, 0.25) is 0 Å². The summed E-state index contributed by atoms with van der Waals surface area (Å²) in [5, 5.41) is 0. The SMILES string of the molecule is CN(C)c1ccc(C#CC(=O)c2ccccc2)cc1. The van der Waals surface area contributed by atoms with E-state index in [1.165, 1.54) is 0 Å². The first-order valence-corrected chi connectivity index (χ1v) is 6.05. The molecule has 0 saturated carbocycles. The number of nitrogens with zero attached hydrogens (tertiary/aromatic N) is 1. The van der Waals surface area contributed by atoms with Crippen molar-refractivity contribution in [3.05, 3.63) is 65.7 Å².